The normalized spacial score (nSPS) is 15.3. The Bertz CT molecular complexity index is 81.2. The van der Waals surface area contributed by atoms with Crippen LogP contribution in [0.2, 0.25) is 0 Å². The van der Waals surface area contributed by atoms with E-state index in [1.807, 2.05) is 0 Å². The van der Waals surface area contributed by atoms with Gasteiger partial charge < -0.3 is 4.48 Å². The molecule has 0 heterocycles. The average Bonchev–Trinajstić information content (AvgIpc) is 1.80. The molecule has 0 aromatic rings. The maximum atomic E-state index is 2.33. The summed E-state index contributed by atoms with van der Waals surface area (Å²) in [7, 11) is 6.79. The minimum Gasteiger partial charge on any atom is -0.329 e. The Morgan fingerprint density at radius 2 is 1.70 bits per heavy atom. The second kappa shape index (κ2) is 3.97. The Morgan fingerprint density at radius 1 is 1.20 bits per heavy atom. The molecule has 0 fully saturated rings. The zero-order valence-corrected chi connectivity index (χ0v) is 8.15. The van der Waals surface area contributed by atoms with Crippen molar-refractivity contribution in [1.29, 1.82) is 0 Å². The van der Waals surface area contributed by atoms with Gasteiger partial charge in [0.1, 0.15) is 0 Å². The van der Waals surface area contributed by atoms with Crippen molar-refractivity contribution < 1.29 is 4.48 Å². The molecule has 1 atom stereocenters. The van der Waals surface area contributed by atoms with Crippen molar-refractivity contribution in [3.63, 3.8) is 0 Å². The van der Waals surface area contributed by atoms with Gasteiger partial charge in [0, 0.05) is 0 Å². The second-order valence-corrected chi connectivity index (χ2v) is 4.11. The van der Waals surface area contributed by atoms with Crippen molar-refractivity contribution in [3.8, 4) is 0 Å². The quantitative estimate of drug-likeness (QED) is 0.531. The Labute approximate surface area is 65.6 Å². The standard InChI is InChI=1S/C9H22N/c1-6-7-8-9(2)10(3,4)5/h9H,6-8H2,1-5H3/q+1. The summed E-state index contributed by atoms with van der Waals surface area (Å²) in [4.78, 5) is 0. The third kappa shape index (κ3) is 3.89. The highest BCUT2D eigenvalue weighted by molar-refractivity contribution is 4.48. The summed E-state index contributed by atoms with van der Waals surface area (Å²) in [5.41, 5.74) is 0. The Morgan fingerprint density at radius 3 is 2.00 bits per heavy atom. The van der Waals surface area contributed by atoms with Gasteiger partial charge in [0.15, 0.2) is 0 Å². The first kappa shape index (κ1) is 9.96. The lowest BCUT2D eigenvalue weighted by Crippen LogP contribution is -2.43. The van der Waals surface area contributed by atoms with Crippen molar-refractivity contribution in [1.82, 2.24) is 0 Å². The molecule has 0 aromatic carbocycles. The average molecular weight is 144 g/mol. The molecule has 0 aromatic heterocycles. The number of rotatable bonds is 4. The molecule has 0 bridgehead atoms. The summed E-state index contributed by atoms with van der Waals surface area (Å²) < 4.78 is 1.10. The third-order valence-corrected chi connectivity index (χ3v) is 2.30. The number of nitrogens with zero attached hydrogens (tertiary/aromatic N) is 1. The van der Waals surface area contributed by atoms with Crippen LogP contribution in [-0.4, -0.2) is 31.7 Å². The molecule has 0 amide bonds. The van der Waals surface area contributed by atoms with Crippen LogP contribution < -0.4 is 0 Å². The van der Waals surface area contributed by atoms with Crippen molar-refractivity contribution in [3.05, 3.63) is 0 Å². The van der Waals surface area contributed by atoms with E-state index in [4.69, 9.17) is 0 Å². The topological polar surface area (TPSA) is 0 Å². The fourth-order valence-electron chi connectivity index (χ4n) is 0.887. The van der Waals surface area contributed by atoms with Crippen LogP contribution in [0.1, 0.15) is 33.1 Å². The van der Waals surface area contributed by atoms with Gasteiger partial charge >= 0.3 is 0 Å². The van der Waals surface area contributed by atoms with E-state index >= 15 is 0 Å². The smallest absolute Gasteiger partial charge is 0.0855 e. The molecule has 0 aliphatic heterocycles. The lowest BCUT2D eigenvalue weighted by Gasteiger charge is -2.31. The van der Waals surface area contributed by atoms with Crippen molar-refractivity contribution in [2.45, 2.75) is 39.2 Å². The van der Waals surface area contributed by atoms with E-state index in [2.05, 4.69) is 35.0 Å². The molecule has 1 heteroatoms. The van der Waals surface area contributed by atoms with E-state index in [1.165, 1.54) is 19.3 Å². The lowest BCUT2D eigenvalue weighted by molar-refractivity contribution is -0.894. The molecular formula is C9H22N+. The Balaban J connectivity index is 3.52. The highest BCUT2D eigenvalue weighted by Crippen LogP contribution is 2.09. The van der Waals surface area contributed by atoms with Crippen LogP contribution in [-0.2, 0) is 0 Å². The van der Waals surface area contributed by atoms with Crippen molar-refractivity contribution in [2.24, 2.45) is 0 Å². The summed E-state index contributed by atoms with van der Waals surface area (Å²) in [6, 6.07) is 0.806. The van der Waals surface area contributed by atoms with Crippen LogP contribution in [0.3, 0.4) is 0 Å². The molecule has 10 heavy (non-hydrogen) atoms. The van der Waals surface area contributed by atoms with Crippen LogP contribution in [0.5, 0.6) is 0 Å². The summed E-state index contributed by atoms with van der Waals surface area (Å²) in [5.74, 6) is 0. The molecule has 0 aliphatic rings. The Hall–Kier alpha value is -0.0400. The number of hydrogen-bond acceptors (Lipinski definition) is 0. The molecule has 0 spiro atoms. The lowest BCUT2D eigenvalue weighted by atomic mass is 10.1. The van der Waals surface area contributed by atoms with Crippen LogP contribution in [0, 0.1) is 0 Å². The van der Waals surface area contributed by atoms with Gasteiger partial charge in [0.25, 0.3) is 0 Å². The molecule has 1 unspecified atom stereocenters. The number of quaternary nitrogens is 1. The van der Waals surface area contributed by atoms with Gasteiger partial charge in [-0.2, -0.15) is 0 Å². The molecule has 0 rings (SSSR count). The first-order valence-electron chi connectivity index (χ1n) is 4.29. The van der Waals surface area contributed by atoms with Crippen LogP contribution in [0.4, 0.5) is 0 Å². The first-order chi connectivity index (χ1) is 4.48. The van der Waals surface area contributed by atoms with Gasteiger partial charge in [-0.05, 0) is 19.8 Å². The van der Waals surface area contributed by atoms with E-state index < -0.39 is 0 Å². The van der Waals surface area contributed by atoms with E-state index in [1.54, 1.807) is 0 Å². The summed E-state index contributed by atoms with van der Waals surface area (Å²) >= 11 is 0. The summed E-state index contributed by atoms with van der Waals surface area (Å²) in [6.45, 7) is 4.58. The highest BCUT2D eigenvalue weighted by atomic mass is 15.3. The maximum absolute atomic E-state index is 2.33. The predicted octanol–water partition coefficient (Wildman–Crippen LogP) is 2.27. The second-order valence-electron chi connectivity index (χ2n) is 4.11. The number of unbranched alkanes of at least 4 members (excludes halogenated alkanes) is 1. The van der Waals surface area contributed by atoms with Gasteiger partial charge in [-0.1, -0.05) is 13.3 Å². The largest absolute Gasteiger partial charge is 0.329 e. The molecule has 0 aliphatic carbocycles. The fraction of sp³-hybridized carbons (Fsp3) is 1.00. The summed E-state index contributed by atoms with van der Waals surface area (Å²) in [5, 5.41) is 0. The van der Waals surface area contributed by atoms with Crippen LogP contribution in [0.25, 0.3) is 0 Å². The minimum absolute atomic E-state index is 0.806. The fourth-order valence-corrected chi connectivity index (χ4v) is 0.887. The molecule has 0 N–H and O–H groups in total. The van der Waals surface area contributed by atoms with Crippen molar-refractivity contribution in [2.75, 3.05) is 21.1 Å². The third-order valence-electron chi connectivity index (χ3n) is 2.30. The SMILES string of the molecule is CCCCC(C)[N+](C)(C)C. The van der Waals surface area contributed by atoms with Gasteiger partial charge in [0.2, 0.25) is 0 Å². The van der Waals surface area contributed by atoms with Crippen LogP contribution >= 0.6 is 0 Å². The van der Waals surface area contributed by atoms with Crippen molar-refractivity contribution >= 4 is 0 Å². The molecule has 1 nitrogen and oxygen atoms in total. The van der Waals surface area contributed by atoms with Gasteiger partial charge in [-0.15, -0.1) is 0 Å². The van der Waals surface area contributed by atoms with E-state index in [9.17, 15) is 0 Å². The monoisotopic (exact) mass is 144 g/mol. The molecule has 0 saturated heterocycles. The molecule has 62 valence electrons. The molecule has 0 radical (unpaired) electrons. The van der Waals surface area contributed by atoms with Gasteiger partial charge in [-0.3, -0.25) is 0 Å². The zero-order valence-electron chi connectivity index (χ0n) is 8.15. The minimum atomic E-state index is 0.806. The Kier molecular flexibility index (Phi) is 3.95. The van der Waals surface area contributed by atoms with Gasteiger partial charge in [0.05, 0.1) is 27.2 Å². The highest BCUT2D eigenvalue weighted by Gasteiger charge is 2.16. The van der Waals surface area contributed by atoms with E-state index in [-0.39, 0.29) is 0 Å². The number of hydrogen-bond donors (Lipinski definition) is 0. The van der Waals surface area contributed by atoms with E-state index in [0.717, 1.165) is 10.5 Å². The van der Waals surface area contributed by atoms with E-state index in [0.29, 0.717) is 0 Å². The molecule has 0 saturated carbocycles. The summed E-state index contributed by atoms with van der Waals surface area (Å²) in [6.07, 6.45) is 4.06. The van der Waals surface area contributed by atoms with Gasteiger partial charge in [-0.25, -0.2) is 0 Å². The maximum Gasteiger partial charge on any atom is 0.0855 e. The predicted molar refractivity (Wildman–Crippen MR) is 47.0 cm³/mol. The zero-order chi connectivity index (χ0) is 8.20. The van der Waals surface area contributed by atoms with Crippen LogP contribution in [0.15, 0.2) is 0 Å². The molecular weight excluding hydrogens is 122 g/mol. The first-order valence-corrected chi connectivity index (χ1v) is 4.29.